The molecule has 1 N–H and O–H groups in total. The standard InChI is InChI=1S/C14H12ClNO4/c1-8(17)9-5-12(14(18)19)16(7-9)10-3-4-11(15)13(6-10)20-2/h3-7H,1-2H3,(H,18,19). The lowest BCUT2D eigenvalue weighted by molar-refractivity contribution is 0.0688. The summed E-state index contributed by atoms with van der Waals surface area (Å²) in [5.41, 5.74) is 0.882. The van der Waals surface area contributed by atoms with E-state index in [4.69, 9.17) is 16.3 Å². The van der Waals surface area contributed by atoms with Crippen LogP contribution >= 0.6 is 11.6 Å². The topological polar surface area (TPSA) is 68.5 Å². The molecule has 0 fully saturated rings. The molecule has 1 heterocycles. The van der Waals surface area contributed by atoms with Gasteiger partial charge in [0.05, 0.1) is 12.1 Å². The Hall–Kier alpha value is -2.27. The van der Waals surface area contributed by atoms with Crippen molar-refractivity contribution in [2.24, 2.45) is 0 Å². The molecule has 0 aliphatic rings. The monoisotopic (exact) mass is 293 g/mol. The Kier molecular flexibility index (Phi) is 3.81. The van der Waals surface area contributed by atoms with Gasteiger partial charge >= 0.3 is 5.97 Å². The number of nitrogens with zero attached hydrogens (tertiary/aromatic N) is 1. The highest BCUT2D eigenvalue weighted by molar-refractivity contribution is 6.32. The molecule has 0 aliphatic heterocycles. The predicted molar refractivity (Wildman–Crippen MR) is 74.3 cm³/mol. The molecule has 0 saturated heterocycles. The number of ketones is 1. The number of halogens is 1. The molecule has 0 spiro atoms. The molecule has 0 aliphatic carbocycles. The van der Waals surface area contributed by atoms with Crippen LogP contribution < -0.4 is 4.74 Å². The van der Waals surface area contributed by atoms with Gasteiger partial charge in [-0.2, -0.15) is 0 Å². The van der Waals surface area contributed by atoms with Crippen molar-refractivity contribution < 1.29 is 19.4 Å². The van der Waals surface area contributed by atoms with Crippen LogP contribution in [0.25, 0.3) is 5.69 Å². The van der Waals surface area contributed by atoms with Crippen molar-refractivity contribution in [3.63, 3.8) is 0 Å². The number of rotatable bonds is 4. The average Bonchev–Trinajstić information content (AvgIpc) is 2.84. The van der Waals surface area contributed by atoms with Crippen LogP contribution in [-0.4, -0.2) is 28.5 Å². The van der Waals surface area contributed by atoms with E-state index in [-0.39, 0.29) is 11.5 Å². The maximum Gasteiger partial charge on any atom is 0.352 e. The van der Waals surface area contributed by atoms with Crippen molar-refractivity contribution in [3.05, 3.63) is 46.7 Å². The Bertz CT molecular complexity index is 690. The molecule has 0 bridgehead atoms. The number of ether oxygens (including phenoxy) is 1. The quantitative estimate of drug-likeness (QED) is 0.880. The summed E-state index contributed by atoms with van der Waals surface area (Å²) in [6, 6.07) is 6.21. The fourth-order valence-electron chi connectivity index (χ4n) is 1.83. The molecule has 0 saturated carbocycles. The number of methoxy groups -OCH3 is 1. The summed E-state index contributed by atoms with van der Waals surface area (Å²) in [4.78, 5) is 22.7. The van der Waals surface area contributed by atoms with Gasteiger partial charge in [-0.25, -0.2) is 4.79 Å². The lowest BCUT2D eigenvalue weighted by Gasteiger charge is -2.09. The van der Waals surface area contributed by atoms with Gasteiger partial charge in [0, 0.05) is 23.5 Å². The van der Waals surface area contributed by atoms with E-state index in [1.54, 1.807) is 18.2 Å². The first-order valence-electron chi connectivity index (χ1n) is 5.74. The maximum absolute atomic E-state index is 11.4. The van der Waals surface area contributed by atoms with Crippen LogP contribution in [0.2, 0.25) is 5.02 Å². The number of Topliss-reactive ketones (excluding diaryl/α,β-unsaturated/α-hetero) is 1. The van der Waals surface area contributed by atoms with Crippen LogP contribution in [0.1, 0.15) is 27.8 Å². The largest absolute Gasteiger partial charge is 0.495 e. The zero-order chi connectivity index (χ0) is 14.9. The lowest BCUT2D eigenvalue weighted by atomic mass is 10.2. The maximum atomic E-state index is 11.4. The zero-order valence-electron chi connectivity index (χ0n) is 10.9. The van der Waals surface area contributed by atoms with Gasteiger partial charge < -0.3 is 14.4 Å². The minimum atomic E-state index is -1.12. The molecule has 0 radical (unpaired) electrons. The number of carbonyl (C=O) groups excluding carboxylic acids is 1. The SMILES string of the molecule is COc1cc(-n2cc(C(C)=O)cc2C(=O)O)ccc1Cl. The van der Waals surface area contributed by atoms with Crippen molar-refractivity contribution in [1.82, 2.24) is 4.57 Å². The van der Waals surface area contributed by atoms with Gasteiger partial charge in [-0.15, -0.1) is 0 Å². The molecule has 1 aromatic carbocycles. The molecule has 0 amide bonds. The van der Waals surface area contributed by atoms with E-state index in [2.05, 4.69) is 0 Å². The van der Waals surface area contributed by atoms with Crippen molar-refractivity contribution in [2.75, 3.05) is 7.11 Å². The highest BCUT2D eigenvalue weighted by atomic mass is 35.5. The smallest absolute Gasteiger partial charge is 0.352 e. The van der Waals surface area contributed by atoms with Crippen molar-refractivity contribution in [2.45, 2.75) is 6.92 Å². The molecule has 1 aromatic heterocycles. The molecule has 5 nitrogen and oxygen atoms in total. The van der Waals surface area contributed by atoms with E-state index in [1.165, 1.54) is 30.9 Å². The van der Waals surface area contributed by atoms with E-state index < -0.39 is 5.97 Å². The number of carbonyl (C=O) groups is 2. The molecule has 0 unspecified atom stereocenters. The normalized spacial score (nSPS) is 10.3. The van der Waals surface area contributed by atoms with Crippen LogP contribution in [0, 0.1) is 0 Å². The van der Waals surface area contributed by atoms with E-state index in [1.807, 2.05) is 0 Å². The Morgan fingerprint density at radius 1 is 1.30 bits per heavy atom. The summed E-state index contributed by atoms with van der Waals surface area (Å²) in [6.45, 7) is 1.38. The molecule has 2 rings (SSSR count). The molecule has 104 valence electrons. The first-order valence-corrected chi connectivity index (χ1v) is 6.12. The average molecular weight is 294 g/mol. The number of aromatic nitrogens is 1. The van der Waals surface area contributed by atoms with Crippen LogP contribution in [0.3, 0.4) is 0 Å². The van der Waals surface area contributed by atoms with Crippen molar-refractivity contribution in [3.8, 4) is 11.4 Å². The third-order valence-corrected chi connectivity index (χ3v) is 3.17. The zero-order valence-corrected chi connectivity index (χ0v) is 11.6. The summed E-state index contributed by atoms with van der Waals surface area (Å²) >= 11 is 5.94. The van der Waals surface area contributed by atoms with Crippen LogP contribution in [0.5, 0.6) is 5.75 Å². The molecule has 0 atom stereocenters. The predicted octanol–water partition coefficient (Wildman–Crippen LogP) is 3.04. The minimum Gasteiger partial charge on any atom is -0.495 e. The van der Waals surface area contributed by atoms with Gasteiger partial charge in [0.1, 0.15) is 11.4 Å². The number of hydrogen-bond acceptors (Lipinski definition) is 3. The first-order chi connectivity index (χ1) is 9.43. The fraction of sp³-hybridized carbons (Fsp3) is 0.143. The van der Waals surface area contributed by atoms with E-state index >= 15 is 0 Å². The number of carboxylic acids is 1. The number of aromatic carboxylic acids is 1. The Labute approximate surface area is 120 Å². The second-order valence-corrected chi connectivity index (χ2v) is 4.57. The summed E-state index contributed by atoms with van der Waals surface area (Å²) in [5.74, 6) is -0.892. The highest BCUT2D eigenvalue weighted by Gasteiger charge is 2.16. The third-order valence-electron chi connectivity index (χ3n) is 2.86. The minimum absolute atomic E-state index is 0.000393. The summed E-state index contributed by atoms with van der Waals surface area (Å²) in [5, 5.41) is 9.64. The molecule has 20 heavy (non-hydrogen) atoms. The van der Waals surface area contributed by atoms with Gasteiger partial charge in [-0.05, 0) is 25.1 Å². The Balaban J connectivity index is 2.62. The second-order valence-electron chi connectivity index (χ2n) is 4.16. The van der Waals surface area contributed by atoms with E-state index in [0.29, 0.717) is 22.0 Å². The Morgan fingerprint density at radius 3 is 2.55 bits per heavy atom. The summed E-state index contributed by atoms with van der Waals surface area (Å²) < 4.78 is 6.52. The summed E-state index contributed by atoms with van der Waals surface area (Å²) in [7, 11) is 1.47. The molecule has 6 heteroatoms. The van der Waals surface area contributed by atoms with Gasteiger partial charge in [0.2, 0.25) is 0 Å². The number of carboxylic acid groups (broad SMARTS) is 1. The second kappa shape index (κ2) is 5.38. The van der Waals surface area contributed by atoms with Gasteiger partial charge in [-0.3, -0.25) is 4.79 Å². The van der Waals surface area contributed by atoms with Gasteiger partial charge in [0.25, 0.3) is 0 Å². The molecular weight excluding hydrogens is 282 g/mol. The Morgan fingerprint density at radius 2 is 2.00 bits per heavy atom. The molecular formula is C14H12ClNO4. The van der Waals surface area contributed by atoms with Gasteiger partial charge in [0.15, 0.2) is 5.78 Å². The number of hydrogen-bond donors (Lipinski definition) is 1. The van der Waals surface area contributed by atoms with Crippen LogP contribution in [0.15, 0.2) is 30.5 Å². The third kappa shape index (κ3) is 2.53. The lowest BCUT2D eigenvalue weighted by Crippen LogP contribution is -2.05. The van der Waals surface area contributed by atoms with Crippen LogP contribution in [0.4, 0.5) is 0 Å². The van der Waals surface area contributed by atoms with E-state index in [0.717, 1.165) is 0 Å². The first kappa shape index (κ1) is 14.1. The summed E-state index contributed by atoms with van der Waals surface area (Å²) in [6.07, 6.45) is 1.48. The van der Waals surface area contributed by atoms with Crippen molar-refractivity contribution >= 4 is 23.4 Å². The van der Waals surface area contributed by atoms with Gasteiger partial charge in [-0.1, -0.05) is 11.6 Å². The van der Waals surface area contributed by atoms with E-state index in [9.17, 15) is 14.7 Å². The fourth-order valence-corrected chi connectivity index (χ4v) is 2.03. The van der Waals surface area contributed by atoms with Crippen LogP contribution in [-0.2, 0) is 0 Å². The molecule has 2 aromatic rings. The highest BCUT2D eigenvalue weighted by Crippen LogP contribution is 2.28. The number of benzene rings is 1. The van der Waals surface area contributed by atoms with Crippen molar-refractivity contribution in [1.29, 1.82) is 0 Å².